The zero-order chi connectivity index (χ0) is 25.7. The average molecular weight is 545 g/mol. The number of carbonyl (C=O) groups is 2. The molecule has 0 saturated heterocycles. The van der Waals surface area contributed by atoms with Crippen molar-refractivity contribution in [3.05, 3.63) is 23.2 Å². The van der Waals surface area contributed by atoms with Gasteiger partial charge in [-0.15, -0.1) is 11.3 Å². The zero-order valence-electron chi connectivity index (χ0n) is 17.0. The van der Waals surface area contributed by atoms with E-state index in [4.69, 9.17) is 21.7 Å². The van der Waals surface area contributed by atoms with Gasteiger partial charge >= 0.3 is 18.1 Å². The lowest BCUT2D eigenvalue weighted by Crippen LogP contribution is -2.25. The number of hydrogen-bond donors (Lipinski definition) is 6. The van der Waals surface area contributed by atoms with Crippen molar-refractivity contribution < 1.29 is 37.5 Å². The van der Waals surface area contributed by atoms with Gasteiger partial charge in [-0.05, 0) is 0 Å². The summed E-state index contributed by atoms with van der Waals surface area (Å²) >= 11 is 1.14. The Morgan fingerprint density at radius 2 is 1.94 bits per heavy atom. The third-order valence-corrected chi connectivity index (χ3v) is 5.45. The molecule has 2 rings (SSSR count). The summed E-state index contributed by atoms with van der Waals surface area (Å²) < 4.78 is 54.5. The summed E-state index contributed by atoms with van der Waals surface area (Å²) in [7, 11) is 0. The minimum absolute atomic E-state index is 0.119. The largest absolute Gasteiger partial charge is 0.546 e. The van der Waals surface area contributed by atoms with Crippen molar-refractivity contribution in [2.75, 3.05) is 35.2 Å². The Hall–Kier alpha value is -3.16. The molecule has 1 unspecified atom stereocenters. The second-order valence-corrected chi connectivity index (χ2v) is 8.51. The Morgan fingerprint density at radius 1 is 1.29 bits per heavy atom. The van der Waals surface area contributed by atoms with E-state index in [1.807, 2.05) is 0 Å². The lowest BCUT2D eigenvalue weighted by Gasteiger charge is -2.04. The van der Waals surface area contributed by atoms with E-state index in [0.717, 1.165) is 5.69 Å². The number of aromatic nitrogens is 3. The molecule has 0 aliphatic heterocycles. The number of carboxylic acid groups (broad SMARTS) is 2. The normalized spacial score (nSPS) is 12.2. The molecule has 0 spiro atoms. The molecule has 0 aliphatic carbocycles. The number of halogens is 3. The van der Waals surface area contributed by atoms with Crippen molar-refractivity contribution >= 4 is 68.9 Å². The molecule has 0 radical (unpaired) electrons. The maximum atomic E-state index is 12.1. The summed E-state index contributed by atoms with van der Waals surface area (Å²) in [5.74, 6) is -1.12. The molecular formula is C15H19F3N8O5S3. The molecule has 19 heteroatoms. The first-order chi connectivity index (χ1) is 15.9. The van der Waals surface area contributed by atoms with Crippen molar-refractivity contribution in [2.24, 2.45) is 10.7 Å². The highest BCUT2D eigenvalue weighted by molar-refractivity contribution is 7.98. The number of alkyl halides is 3. The first-order valence-corrected chi connectivity index (χ1v) is 11.8. The molecule has 2 aromatic heterocycles. The first-order valence-electron chi connectivity index (χ1n) is 8.74. The topological polar surface area (TPSA) is 225 Å². The molecular weight excluding hydrogens is 525 g/mol. The summed E-state index contributed by atoms with van der Waals surface area (Å²) in [5.41, 5.74) is 11.7. The van der Waals surface area contributed by atoms with Crippen LogP contribution >= 0.6 is 34.2 Å². The third kappa shape index (κ3) is 13.4. The van der Waals surface area contributed by atoms with Gasteiger partial charge in [-0.1, -0.05) is 0 Å². The fourth-order valence-corrected chi connectivity index (χ4v) is 3.89. The van der Waals surface area contributed by atoms with Crippen molar-refractivity contribution in [3.63, 3.8) is 0 Å². The Labute approximate surface area is 201 Å². The van der Waals surface area contributed by atoms with Crippen LogP contribution in [0.25, 0.3) is 0 Å². The van der Waals surface area contributed by atoms with Crippen molar-refractivity contribution in [3.8, 4) is 0 Å². The number of hydrogen-bond acceptors (Lipinski definition) is 11. The second kappa shape index (κ2) is 14.2. The number of nitrogens with two attached hydrogens (primary N) is 2. The van der Waals surface area contributed by atoms with Crippen LogP contribution in [0.2, 0.25) is 0 Å². The highest BCUT2D eigenvalue weighted by Crippen LogP contribution is 2.21. The van der Waals surface area contributed by atoms with E-state index in [9.17, 15) is 27.3 Å². The van der Waals surface area contributed by atoms with E-state index in [2.05, 4.69) is 29.4 Å². The zero-order valence-corrected chi connectivity index (χ0v) is 19.4. The number of guanidine groups is 1. The van der Waals surface area contributed by atoms with Crippen LogP contribution in [-0.4, -0.2) is 71.4 Å². The van der Waals surface area contributed by atoms with Gasteiger partial charge in [0.25, 0.3) is 0 Å². The van der Waals surface area contributed by atoms with Gasteiger partial charge in [-0.25, -0.2) is 19.6 Å². The number of aliphatic imine (C=N–C) groups is 1. The van der Waals surface area contributed by atoms with E-state index in [0.29, 0.717) is 41.2 Å². The predicted molar refractivity (Wildman–Crippen MR) is 122 cm³/mol. The van der Waals surface area contributed by atoms with Gasteiger partial charge in [0, 0.05) is 44.3 Å². The van der Waals surface area contributed by atoms with Gasteiger partial charge in [0.2, 0.25) is 11.6 Å². The highest BCUT2D eigenvalue weighted by Gasteiger charge is 2.26. The van der Waals surface area contributed by atoms with E-state index in [1.165, 1.54) is 11.3 Å². The van der Waals surface area contributed by atoms with E-state index in [-0.39, 0.29) is 11.8 Å². The van der Waals surface area contributed by atoms with Crippen LogP contribution < -0.4 is 22.1 Å². The number of aliphatic carboxylic acids is 2. The quantitative estimate of drug-likeness (QED) is 0.0822. The maximum Gasteiger partial charge on any atom is 0.408 e. The summed E-state index contributed by atoms with van der Waals surface area (Å²) in [6.07, 6.45) is -3.29. The fourth-order valence-electron chi connectivity index (χ4n) is 1.71. The van der Waals surface area contributed by atoms with Gasteiger partial charge in [0.1, 0.15) is 6.54 Å². The number of nitrogens with zero attached hydrogens (tertiary/aromatic N) is 4. The number of thioether (sulfide) groups is 1. The van der Waals surface area contributed by atoms with Crippen LogP contribution in [0.1, 0.15) is 5.69 Å². The lowest BCUT2D eigenvalue weighted by molar-refractivity contribution is -0.134. The molecule has 0 aliphatic rings. The Kier molecular flexibility index (Phi) is 12.0. The molecule has 2 heterocycles. The number of thiazole rings is 1. The van der Waals surface area contributed by atoms with E-state index >= 15 is 0 Å². The van der Waals surface area contributed by atoms with Crippen molar-refractivity contribution in [2.45, 2.75) is 11.9 Å². The number of rotatable bonds is 10. The SMILES string of the molecule is NC(=NCC(F)(F)F)Nc1nc(CSCCNc2n[s+]([O-])nc2N)cs1.O=C(O)C=CC(=O)O. The molecule has 8 N–H and O–H groups in total. The Morgan fingerprint density at radius 3 is 2.47 bits per heavy atom. The average Bonchev–Trinajstić information content (AvgIpc) is 3.29. The standard InChI is InChI=1S/C11H15F3N8OS3.C4H4O4/c12-11(13,14)5-18-9(16)20-10-19-6(4-25-10)3-24-2-1-17-8-7(15)21-26(23)22-8;5-3(6)1-2-4(7)8/h4H,1-3,5H2,(H2,15,21)(H,17,22)(H3,16,18,19,20);1-2H,(H,5,6)(H,7,8). The van der Waals surface area contributed by atoms with Gasteiger partial charge < -0.3 is 36.9 Å². The molecule has 1 atom stereocenters. The van der Waals surface area contributed by atoms with Crippen LogP contribution in [-0.2, 0) is 15.3 Å². The molecule has 188 valence electrons. The molecule has 0 amide bonds. The lowest BCUT2D eigenvalue weighted by atomic mass is 10.5. The molecule has 0 bridgehead atoms. The van der Waals surface area contributed by atoms with Crippen LogP contribution in [0.5, 0.6) is 0 Å². The molecule has 0 fully saturated rings. The maximum absolute atomic E-state index is 12.1. The van der Waals surface area contributed by atoms with E-state index < -0.39 is 35.8 Å². The van der Waals surface area contributed by atoms with Crippen LogP contribution in [0, 0.1) is 0 Å². The van der Waals surface area contributed by atoms with Gasteiger partial charge in [0.15, 0.2) is 22.2 Å². The first kappa shape index (κ1) is 28.9. The molecule has 0 aromatic carbocycles. The summed E-state index contributed by atoms with van der Waals surface area (Å²) in [5, 5.41) is 23.2. The minimum Gasteiger partial charge on any atom is -0.546 e. The minimum atomic E-state index is -4.40. The van der Waals surface area contributed by atoms with Crippen molar-refractivity contribution in [1.82, 2.24) is 13.7 Å². The molecule has 2 aromatic rings. The number of anilines is 3. The smallest absolute Gasteiger partial charge is 0.408 e. The number of nitrogens with one attached hydrogen (secondary N) is 2. The summed E-state index contributed by atoms with van der Waals surface area (Å²) in [6.45, 7) is -0.801. The predicted octanol–water partition coefficient (Wildman–Crippen LogP) is 1.59. The second-order valence-electron chi connectivity index (χ2n) is 5.72. The summed E-state index contributed by atoms with van der Waals surface area (Å²) in [4.78, 5) is 26.5. The fraction of sp³-hybridized carbons (Fsp3) is 0.333. The molecule has 34 heavy (non-hydrogen) atoms. The van der Waals surface area contributed by atoms with Crippen molar-refractivity contribution in [1.29, 1.82) is 0 Å². The Bertz CT molecular complexity index is 996. The van der Waals surface area contributed by atoms with Gasteiger partial charge in [-0.2, -0.15) is 24.9 Å². The van der Waals surface area contributed by atoms with Crippen LogP contribution in [0.15, 0.2) is 22.5 Å². The van der Waals surface area contributed by atoms with E-state index in [1.54, 1.807) is 17.1 Å². The van der Waals surface area contributed by atoms with Gasteiger partial charge in [0.05, 0.1) is 5.69 Å². The summed E-state index contributed by atoms with van der Waals surface area (Å²) in [6, 6.07) is 0. The Balaban J connectivity index is 0.000000620. The van der Waals surface area contributed by atoms with Gasteiger partial charge in [-0.3, -0.25) is 0 Å². The number of carboxylic acids is 2. The number of nitrogen functional groups attached to an aromatic ring is 1. The highest BCUT2D eigenvalue weighted by atomic mass is 32.2. The molecule has 0 saturated carbocycles. The van der Waals surface area contributed by atoms with Crippen LogP contribution in [0.3, 0.4) is 0 Å². The molecule has 13 nitrogen and oxygen atoms in total. The monoisotopic (exact) mass is 544 g/mol. The van der Waals surface area contributed by atoms with Crippen LogP contribution in [0.4, 0.5) is 29.9 Å². The third-order valence-electron chi connectivity index (χ3n) is 2.96.